The third-order valence-electron chi connectivity index (χ3n) is 4.58. The molecule has 1 aromatic carbocycles. The van der Waals surface area contributed by atoms with Crippen molar-refractivity contribution in [3.8, 4) is 5.75 Å². The fourth-order valence-corrected chi connectivity index (χ4v) is 3.24. The van der Waals surface area contributed by atoms with E-state index >= 15 is 0 Å². The van der Waals surface area contributed by atoms with Crippen molar-refractivity contribution in [3.05, 3.63) is 54.6 Å². The first kappa shape index (κ1) is 22.8. The molecule has 7 heteroatoms. The van der Waals surface area contributed by atoms with Gasteiger partial charge in [0.05, 0.1) is 5.56 Å². The first-order chi connectivity index (χ1) is 13.5. The quantitative estimate of drug-likeness (QED) is 0.607. The van der Waals surface area contributed by atoms with Gasteiger partial charge in [0.25, 0.3) is 0 Å². The van der Waals surface area contributed by atoms with E-state index in [1.165, 1.54) is 12.1 Å². The Morgan fingerprint density at radius 1 is 1.17 bits per heavy atom. The van der Waals surface area contributed by atoms with Gasteiger partial charge in [0, 0.05) is 18.4 Å². The van der Waals surface area contributed by atoms with Gasteiger partial charge in [0.1, 0.15) is 17.5 Å². The molecule has 1 aromatic rings. The number of carbonyl (C=O) groups is 1. The van der Waals surface area contributed by atoms with Gasteiger partial charge in [0.2, 0.25) is 0 Å². The van der Waals surface area contributed by atoms with E-state index in [9.17, 15) is 18.0 Å². The summed E-state index contributed by atoms with van der Waals surface area (Å²) in [4.78, 5) is 11.7. The summed E-state index contributed by atoms with van der Waals surface area (Å²) in [5, 5.41) is 2.66. The molecule has 1 aliphatic rings. The van der Waals surface area contributed by atoms with Crippen molar-refractivity contribution in [2.45, 2.75) is 51.5 Å². The van der Waals surface area contributed by atoms with Crippen molar-refractivity contribution in [3.63, 3.8) is 0 Å². The van der Waals surface area contributed by atoms with Gasteiger partial charge in [-0.15, -0.1) is 6.58 Å². The molecule has 4 nitrogen and oxygen atoms in total. The largest absolute Gasteiger partial charge is 0.489 e. The maximum atomic E-state index is 12.7. The molecule has 1 saturated carbocycles. The lowest BCUT2D eigenvalue weighted by molar-refractivity contribution is -0.137. The van der Waals surface area contributed by atoms with E-state index < -0.39 is 23.4 Å². The number of nitrogens with one attached hydrogen (secondary N) is 1. The van der Waals surface area contributed by atoms with E-state index in [0.717, 1.165) is 25.0 Å². The zero-order valence-electron chi connectivity index (χ0n) is 17.0. The minimum Gasteiger partial charge on any atom is -0.489 e. The number of benzene rings is 1. The van der Waals surface area contributed by atoms with Crippen LogP contribution < -0.4 is 10.1 Å². The lowest BCUT2D eigenvalue weighted by atomic mass is 10.00. The van der Waals surface area contributed by atoms with E-state index in [4.69, 9.17) is 9.47 Å². The topological polar surface area (TPSA) is 47.6 Å². The fraction of sp³-hybridized carbons (Fsp3) is 0.500. The molecule has 3 atom stereocenters. The van der Waals surface area contributed by atoms with Crippen molar-refractivity contribution < 1.29 is 27.4 Å². The Hall–Kier alpha value is -2.44. The van der Waals surface area contributed by atoms with Crippen molar-refractivity contribution in [2.24, 2.45) is 11.8 Å². The Bertz CT molecular complexity index is 720. The highest BCUT2D eigenvalue weighted by atomic mass is 19.4. The van der Waals surface area contributed by atoms with Crippen LogP contribution in [0.4, 0.5) is 18.0 Å². The van der Waals surface area contributed by atoms with Gasteiger partial charge in [-0.1, -0.05) is 18.2 Å². The van der Waals surface area contributed by atoms with Gasteiger partial charge in [-0.3, -0.25) is 0 Å². The zero-order chi connectivity index (χ0) is 21.7. The minimum atomic E-state index is -4.37. The summed E-state index contributed by atoms with van der Waals surface area (Å²) in [7, 11) is 0. The molecule has 160 valence electrons. The molecule has 0 heterocycles. The normalized spacial score (nSPS) is 22.5. The highest BCUT2D eigenvalue weighted by molar-refractivity contribution is 5.67. The van der Waals surface area contributed by atoms with Gasteiger partial charge in [-0.05, 0) is 57.9 Å². The van der Waals surface area contributed by atoms with Crippen LogP contribution in [0.25, 0.3) is 0 Å². The number of rotatable bonds is 6. The summed E-state index contributed by atoms with van der Waals surface area (Å²) >= 11 is 0. The molecule has 1 fully saturated rings. The third-order valence-corrected chi connectivity index (χ3v) is 4.58. The van der Waals surface area contributed by atoms with Crippen LogP contribution in [0.2, 0.25) is 0 Å². The molecule has 1 N–H and O–H groups in total. The van der Waals surface area contributed by atoms with Crippen molar-refractivity contribution in [2.75, 3.05) is 6.54 Å². The van der Waals surface area contributed by atoms with E-state index in [-0.39, 0.29) is 17.9 Å². The van der Waals surface area contributed by atoms with Crippen molar-refractivity contribution in [1.82, 2.24) is 5.32 Å². The van der Waals surface area contributed by atoms with Gasteiger partial charge in [-0.2, -0.15) is 13.2 Å². The number of alkyl carbamates (subject to hydrolysis) is 1. The number of hydrogen-bond donors (Lipinski definition) is 1. The zero-order valence-corrected chi connectivity index (χ0v) is 17.0. The first-order valence-electron chi connectivity index (χ1n) is 9.59. The number of amides is 1. The van der Waals surface area contributed by atoms with Crippen molar-refractivity contribution in [1.29, 1.82) is 0 Å². The maximum Gasteiger partial charge on any atom is 0.416 e. The highest BCUT2D eigenvalue weighted by Crippen LogP contribution is 2.37. The predicted octanol–water partition coefficient (Wildman–Crippen LogP) is 5.75. The summed E-state index contributed by atoms with van der Waals surface area (Å²) in [6, 6.07) is 4.71. The standard InChI is InChI=1S/C22H28F3NO3/c1-5-15-8-9-16(7-6-14-26-20(27)29-21(2,3)4)19(15)28-18-12-10-17(11-13-18)22(23,24)25/h5-7,10-13,15-16,19H,1,8-9,14H2,2-4H3,(H,26,27)/b7-6-/t15-,16+,19+/m1/s1. The van der Waals surface area contributed by atoms with Gasteiger partial charge < -0.3 is 14.8 Å². The van der Waals surface area contributed by atoms with Gasteiger partial charge >= 0.3 is 12.3 Å². The second kappa shape index (κ2) is 9.37. The summed E-state index contributed by atoms with van der Waals surface area (Å²) in [5.74, 6) is 0.563. The lowest BCUT2D eigenvalue weighted by Crippen LogP contribution is -2.32. The summed E-state index contributed by atoms with van der Waals surface area (Å²) in [5.41, 5.74) is -1.27. The van der Waals surface area contributed by atoms with Crippen LogP contribution in [-0.2, 0) is 10.9 Å². The molecular weight excluding hydrogens is 383 g/mol. The number of halogens is 3. The molecule has 0 aromatic heterocycles. The molecule has 29 heavy (non-hydrogen) atoms. The van der Waals surface area contributed by atoms with E-state index in [2.05, 4.69) is 11.9 Å². The minimum absolute atomic E-state index is 0.0701. The summed E-state index contributed by atoms with van der Waals surface area (Å²) in [6.45, 7) is 9.53. The smallest absolute Gasteiger partial charge is 0.416 e. The Kier molecular flexibility index (Phi) is 7.38. The second-order valence-corrected chi connectivity index (χ2v) is 8.06. The maximum absolute atomic E-state index is 12.7. The van der Waals surface area contributed by atoms with Crippen LogP contribution in [0.3, 0.4) is 0 Å². The molecule has 1 amide bonds. The van der Waals surface area contributed by atoms with Gasteiger partial charge in [0.15, 0.2) is 0 Å². The molecule has 0 unspecified atom stereocenters. The fourth-order valence-electron chi connectivity index (χ4n) is 3.24. The van der Waals surface area contributed by atoms with Crippen LogP contribution in [0, 0.1) is 11.8 Å². The summed E-state index contributed by atoms with van der Waals surface area (Å²) < 4.78 is 49.3. The average Bonchev–Trinajstić information content (AvgIpc) is 2.98. The number of hydrogen-bond acceptors (Lipinski definition) is 3. The SMILES string of the molecule is C=C[C@@H]1CC[C@H](/C=C\CNC(=O)OC(C)(C)C)[C@H]1Oc1ccc(C(F)(F)F)cc1. The van der Waals surface area contributed by atoms with Crippen LogP contribution >= 0.6 is 0 Å². The number of alkyl halides is 3. The van der Waals surface area contributed by atoms with Crippen LogP contribution in [0.1, 0.15) is 39.2 Å². The molecule has 0 saturated heterocycles. The van der Waals surface area contributed by atoms with E-state index in [0.29, 0.717) is 12.3 Å². The average molecular weight is 411 g/mol. The summed E-state index contributed by atoms with van der Waals surface area (Å²) in [6.07, 6.45) is 2.29. The van der Waals surface area contributed by atoms with Crippen LogP contribution in [0.5, 0.6) is 5.75 Å². The Morgan fingerprint density at radius 2 is 1.79 bits per heavy atom. The first-order valence-corrected chi connectivity index (χ1v) is 9.59. The van der Waals surface area contributed by atoms with Gasteiger partial charge in [-0.25, -0.2) is 4.79 Å². The monoisotopic (exact) mass is 411 g/mol. The van der Waals surface area contributed by atoms with Crippen LogP contribution in [0.15, 0.2) is 49.1 Å². The van der Waals surface area contributed by atoms with Crippen molar-refractivity contribution >= 4 is 6.09 Å². The molecule has 1 aliphatic carbocycles. The Labute approximate surface area is 169 Å². The molecule has 2 rings (SSSR count). The number of ether oxygens (including phenoxy) is 2. The molecule has 0 radical (unpaired) electrons. The molecule has 0 aliphatic heterocycles. The van der Waals surface area contributed by atoms with E-state index in [1.54, 1.807) is 20.8 Å². The third kappa shape index (κ3) is 7.15. The molecule has 0 bridgehead atoms. The lowest BCUT2D eigenvalue weighted by Gasteiger charge is -2.23. The highest BCUT2D eigenvalue weighted by Gasteiger charge is 2.35. The molecule has 0 spiro atoms. The Morgan fingerprint density at radius 3 is 2.34 bits per heavy atom. The molecular formula is C22H28F3NO3. The number of carbonyl (C=O) groups excluding carboxylic acids is 1. The predicted molar refractivity (Wildman–Crippen MR) is 106 cm³/mol. The van der Waals surface area contributed by atoms with Crippen LogP contribution in [-0.4, -0.2) is 24.3 Å². The van der Waals surface area contributed by atoms with E-state index in [1.807, 2.05) is 18.2 Å². The Balaban J connectivity index is 1.96. The second-order valence-electron chi connectivity index (χ2n) is 8.06.